The van der Waals surface area contributed by atoms with Gasteiger partial charge in [0.1, 0.15) is 23.3 Å². The molecule has 3 heterocycles. The van der Waals surface area contributed by atoms with Gasteiger partial charge in [-0.05, 0) is 48.6 Å². The van der Waals surface area contributed by atoms with Crippen molar-refractivity contribution in [3.63, 3.8) is 0 Å². The number of nitrogens with one attached hydrogen (secondary N) is 2. The molecule has 0 aliphatic carbocycles. The Balaban J connectivity index is 1.41. The number of hydrogen-bond donors (Lipinski definition) is 2. The van der Waals surface area contributed by atoms with Crippen LogP contribution in [0.2, 0.25) is 0 Å². The van der Waals surface area contributed by atoms with Crippen molar-refractivity contribution in [3.05, 3.63) is 107 Å². The standard InChI is InChI=1S/C28H25N5O5S/c1-37-23-11-3-2-9-20(23)30-25(34)14-16-32-27(26(31-28(32)39)21-10-4-5-15-29-21)24-13-12-22(38-24)18-7-6-8-19(17-18)33(35)36/h2-13,15,17,26-27H,14,16H2,1H3,(H,30,34)(H,31,39)/t26-,27-/m0/s1. The maximum absolute atomic E-state index is 12.9. The zero-order chi connectivity index (χ0) is 27.4. The monoisotopic (exact) mass is 543 g/mol. The van der Waals surface area contributed by atoms with Crippen molar-refractivity contribution in [3.8, 4) is 17.1 Å². The Bertz CT molecular complexity index is 1510. The number of carbonyl (C=O) groups is 1. The van der Waals surface area contributed by atoms with E-state index < -0.39 is 11.0 Å². The minimum absolute atomic E-state index is 0.0248. The van der Waals surface area contributed by atoms with Crippen LogP contribution < -0.4 is 15.4 Å². The van der Waals surface area contributed by atoms with Gasteiger partial charge in [-0.15, -0.1) is 0 Å². The first-order valence-electron chi connectivity index (χ1n) is 12.2. The van der Waals surface area contributed by atoms with Gasteiger partial charge in [-0.1, -0.05) is 30.3 Å². The zero-order valence-corrected chi connectivity index (χ0v) is 21.8. The number of nitrogens with zero attached hydrogens (tertiary/aromatic N) is 3. The summed E-state index contributed by atoms with van der Waals surface area (Å²) < 4.78 is 11.6. The molecule has 2 atom stereocenters. The fraction of sp³-hybridized carbons (Fsp3) is 0.179. The molecule has 4 aromatic rings. The number of methoxy groups -OCH3 is 1. The molecule has 2 aromatic carbocycles. The van der Waals surface area contributed by atoms with Gasteiger partial charge < -0.3 is 24.7 Å². The highest BCUT2D eigenvalue weighted by Crippen LogP contribution is 2.40. The molecule has 198 valence electrons. The Morgan fingerprint density at radius 3 is 2.74 bits per heavy atom. The number of nitro groups is 1. The van der Waals surface area contributed by atoms with Gasteiger partial charge in [0.2, 0.25) is 5.91 Å². The first kappa shape index (κ1) is 25.9. The molecule has 0 bridgehead atoms. The van der Waals surface area contributed by atoms with Crippen molar-refractivity contribution in [2.45, 2.75) is 18.5 Å². The van der Waals surface area contributed by atoms with E-state index in [0.717, 1.165) is 5.69 Å². The third-order valence-electron chi connectivity index (χ3n) is 6.42. The Labute approximate surface area is 229 Å². The number of thiocarbonyl (C=S) groups is 1. The van der Waals surface area contributed by atoms with Crippen LogP contribution in [-0.2, 0) is 4.79 Å². The van der Waals surface area contributed by atoms with Gasteiger partial charge >= 0.3 is 0 Å². The number of pyridine rings is 1. The fourth-order valence-corrected chi connectivity index (χ4v) is 4.91. The first-order chi connectivity index (χ1) is 18.9. The second-order valence-electron chi connectivity index (χ2n) is 8.83. The predicted molar refractivity (Wildman–Crippen MR) is 149 cm³/mol. The number of para-hydroxylation sites is 2. The van der Waals surface area contributed by atoms with Crippen LogP contribution in [0.3, 0.4) is 0 Å². The third kappa shape index (κ3) is 5.58. The minimum Gasteiger partial charge on any atom is -0.495 e. The van der Waals surface area contributed by atoms with Crippen LogP contribution in [0.1, 0.15) is 30.0 Å². The largest absolute Gasteiger partial charge is 0.495 e. The predicted octanol–water partition coefficient (Wildman–Crippen LogP) is 5.26. The number of ether oxygens (including phenoxy) is 1. The lowest BCUT2D eigenvalue weighted by Gasteiger charge is -2.26. The van der Waals surface area contributed by atoms with E-state index in [9.17, 15) is 14.9 Å². The van der Waals surface area contributed by atoms with E-state index in [2.05, 4.69) is 15.6 Å². The number of anilines is 1. The number of furan rings is 1. The van der Waals surface area contributed by atoms with Gasteiger partial charge in [0.15, 0.2) is 5.11 Å². The van der Waals surface area contributed by atoms with Crippen molar-refractivity contribution >= 4 is 34.6 Å². The summed E-state index contributed by atoms with van der Waals surface area (Å²) >= 11 is 5.68. The number of rotatable bonds is 9. The number of nitro benzene ring substituents is 1. The van der Waals surface area contributed by atoms with Crippen molar-refractivity contribution in [1.82, 2.24) is 15.2 Å². The molecule has 2 N–H and O–H groups in total. The Morgan fingerprint density at radius 1 is 1.15 bits per heavy atom. The molecule has 1 amide bonds. The van der Waals surface area contributed by atoms with E-state index in [-0.39, 0.29) is 24.1 Å². The summed E-state index contributed by atoms with van der Waals surface area (Å²) in [6, 6.07) is 22.0. The highest BCUT2D eigenvalue weighted by molar-refractivity contribution is 7.80. The van der Waals surface area contributed by atoms with Crippen LogP contribution >= 0.6 is 12.2 Å². The summed E-state index contributed by atoms with van der Waals surface area (Å²) in [5, 5.41) is 17.9. The molecule has 11 heteroatoms. The number of amides is 1. The molecule has 1 aliphatic heterocycles. The Kier molecular flexibility index (Phi) is 7.50. The van der Waals surface area contributed by atoms with Crippen molar-refractivity contribution < 1.29 is 18.9 Å². The summed E-state index contributed by atoms with van der Waals surface area (Å²) in [4.78, 5) is 30.1. The Hall–Kier alpha value is -4.77. The maximum Gasteiger partial charge on any atom is 0.270 e. The van der Waals surface area contributed by atoms with Crippen LogP contribution in [0.15, 0.2) is 89.5 Å². The number of aromatic nitrogens is 1. The zero-order valence-electron chi connectivity index (χ0n) is 20.9. The molecular weight excluding hydrogens is 518 g/mol. The van der Waals surface area contributed by atoms with Gasteiger partial charge in [-0.25, -0.2) is 0 Å². The Morgan fingerprint density at radius 2 is 1.97 bits per heavy atom. The van der Waals surface area contributed by atoms with E-state index in [1.54, 1.807) is 43.6 Å². The van der Waals surface area contributed by atoms with Crippen molar-refractivity contribution in [2.75, 3.05) is 19.0 Å². The van der Waals surface area contributed by atoms with Crippen molar-refractivity contribution in [2.24, 2.45) is 0 Å². The van der Waals surface area contributed by atoms with Crippen LogP contribution in [0.25, 0.3) is 11.3 Å². The lowest BCUT2D eigenvalue weighted by Crippen LogP contribution is -2.32. The molecule has 0 spiro atoms. The third-order valence-corrected chi connectivity index (χ3v) is 6.77. The average Bonchev–Trinajstić information content (AvgIpc) is 3.57. The minimum atomic E-state index is -0.443. The molecule has 39 heavy (non-hydrogen) atoms. The van der Waals surface area contributed by atoms with E-state index in [1.807, 2.05) is 41.3 Å². The van der Waals surface area contributed by atoms with Gasteiger partial charge in [0.25, 0.3) is 5.69 Å². The van der Waals surface area contributed by atoms with E-state index >= 15 is 0 Å². The first-order valence-corrected chi connectivity index (χ1v) is 12.6. The number of carbonyl (C=O) groups excluding carboxylic acids is 1. The maximum atomic E-state index is 12.9. The van der Waals surface area contributed by atoms with Gasteiger partial charge in [-0.2, -0.15) is 0 Å². The van der Waals surface area contributed by atoms with Gasteiger partial charge in [-0.3, -0.25) is 19.9 Å². The van der Waals surface area contributed by atoms with Crippen LogP contribution in [-0.4, -0.2) is 39.5 Å². The van der Waals surface area contributed by atoms with Crippen molar-refractivity contribution in [1.29, 1.82) is 0 Å². The highest BCUT2D eigenvalue weighted by atomic mass is 32.1. The normalized spacial score (nSPS) is 16.5. The molecule has 0 saturated carbocycles. The molecule has 5 rings (SSSR count). The van der Waals surface area contributed by atoms with Crippen LogP contribution in [0.4, 0.5) is 11.4 Å². The molecule has 1 aliphatic rings. The summed E-state index contributed by atoms with van der Waals surface area (Å²) in [6.45, 7) is 0.313. The van der Waals surface area contributed by atoms with E-state index in [1.165, 1.54) is 12.1 Å². The molecular formula is C28H25N5O5S. The number of hydrogen-bond acceptors (Lipinski definition) is 7. The van der Waals surface area contributed by atoms with Gasteiger partial charge in [0, 0.05) is 36.9 Å². The number of non-ortho nitro benzene ring substituents is 1. The molecule has 1 saturated heterocycles. The van der Waals surface area contributed by atoms with Crippen LogP contribution in [0, 0.1) is 10.1 Å². The smallest absolute Gasteiger partial charge is 0.270 e. The lowest BCUT2D eigenvalue weighted by molar-refractivity contribution is -0.384. The van der Waals surface area contributed by atoms with E-state index in [4.69, 9.17) is 21.4 Å². The van der Waals surface area contributed by atoms with E-state index in [0.29, 0.717) is 40.2 Å². The highest BCUT2D eigenvalue weighted by Gasteiger charge is 2.41. The second-order valence-corrected chi connectivity index (χ2v) is 9.21. The quantitative estimate of drug-likeness (QED) is 0.165. The summed E-state index contributed by atoms with van der Waals surface area (Å²) in [5.41, 5.74) is 1.91. The fourth-order valence-electron chi connectivity index (χ4n) is 4.58. The van der Waals surface area contributed by atoms with Crippen LogP contribution in [0.5, 0.6) is 5.75 Å². The molecule has 0 unspecified atom stereocenters. The molecule has 0 radical (unpaired) electrons. The number of benzene rings is 2. The summed E-state index contributed by atoms with van der Waals surface area (Å²) in [5.74, 6) is 1.45. The SMILES string of the molecule is COc1ccccc1NC(=O)CCN1C(=S)N[C@@H](c2ccccn2)[C@@H]1c1ccc(-c2cccc([N+](=O)[O-])c2)o1. The topological polar surface area (TPSA) is 123 Å². The summed E-state index contributed by atoms with van der Waals surface area (Å²) in [6.07, 6.45) is 1.86. The average molecular weight is 544 g/mol. The lowest BCUT2D eigenvalue weighted by atomic mass is 10.0. The molecule has 1 fully saturated rings. The molecule has 10 nitrogen and oxygen atoms in total. The van der Waals surface area contributed by atoms with Gasteiger partial charge in [0.05, 0.1) is 29.5 Å². The summed E-state index contributed by atoms with van der Waals surface area (Å²) in [7, 11) is 1.55. The molecule has 2 aromatic heterocycles. The second kappa shape index (κ2) is 11.3.